The zero-order valence-corrected chi connectivity index (χ0v) is 8.66. The topological polar surface area (TPSA) is 24.5 Å². The van der Waals surface area contributed by atoms with Crippen LogP contribution in [-0.4, -0.2) is 20.7 Å². The zero-order valence-electron chi connectivity index (χ0n) is 8.66. The third-order valence-electron chi connectivity index (χ3n) is 2.52. The summed E-state index contributed by atoms with van der Waals surface area (Å²) in [6.45, 7) is 0.802. The predicted octanol–water partition coefficient (Wildman–Crippen LogP) is 1.72. The molecule has 14 heavy (non-hydrogen) atoms. The van der Waals surface area contributed by atoms with E-state index in [1.54, 1.807) is 0 Å². The molecule has 3 nitrogen and oxygen atoms in total. The first-order chi connectivity index (χ1) is 6.77. The molecule has 1 N–H and O–H groups in total. The molecule has 0 bridgehead atoms. The molecule has 1 aliphatic rings. The summed E-state index contributed by atoms with van der Waals surface area (Å²) in [7, 11) is 4.11. The molecule has 0 unspecified atom stereocenters. The van der Waals surface area contributed by atoms with Gasteiger partial charge < -0.3 is 9.74 Å². The molecule has 0 amide bonds. The first kappa shape index (κ1) is 9.49. The molecule has 76 valence electrons. The van der Waals surface area contributed by atoms with E-state index in [4.69, 9.17) is 4.84 Å². The van der Waals surface area contributed by atoms with Crippen LogP contribution in [0.25, 0.3) is 0 Å². The van der Waals surface area contributed by atoms with Gasteiger partial charge in [-0.05, 0) is 24.1 Å². The van der Waals surface area contributed by atoms with Crippen molar-refractivity contribution in [3.05, 3.63) is 29.8 Å². The maximum atomic E-state index is 5.15. The summed E-state index contributed by atoms with van der Waals surface area (Å²) in [6, 6.07) is 8.89. The lowest BCUT2D eigenvalue weighted by Crippen LogP contribution is -2.13. The highest BCUT2D eigenvalue weighted by atomic mass is 16.7. The van der Waals surface area contributed by atoms with E-state index in [0.29, 0.717) is 6.04 Å². The van der Waals surface area contributed by atoms with E-state index in [1.807, 2.05) is 0 Å². The van der Waals surface area contributed by atoms with Crippen LogP contribution in [-0.2, 0) is 4.84 Å². The number of benzene rings is 1. The Bertz CT molecular complexity index is 306. The summed E-state index contributed by atoms with van der Waals surface area (Å²) in [6.07, 6.45) is 1.05. The summed E-state index contributed by atoms with van der Waals surface area (Å²) in [4.78, 5) is 7.26. The first-order valence-electron chi connectivity index (χ1n) is 4.92. The number of rotatable bonds is 2. The van der Waals surface area contributed by atoms with E-state index in [0.717, 1.165) is 13.0 Å². The van der Waals surface area contributed by atoms with Crippen LogP contribution in [0.15, 0.2) is 24.3 Å². The summed E-state index contributed by atoms with van der Waals surface area (Å²) >= 11 is 0. The average molecular weight is 192 g/mol. The molecular weight excluding hydrogens is 176 g/mol. The van der Waals surface area contributed by atoms with E-state index < -0.39 is 0 Å². The smallest absolute Gasteiger partial charge is 0.0701 e. The van der Waals surface area contributed by atoms with Crippen LogP contribution in [0.2, 0.25) is 0 Å². The van der Waals surface area contributed by atoms with Gasteiger partial charge in [0, 0.05) is 19.8 Å². The molecule has 1 atom stereocenters. The Kier molecular flexibility index (Phi) is 2.70. The molecule has 1 aromatic carbocycles. The highest BCUT2D eigenvalue weighted by molar-refractivity contribution is 5.47. The van der Waals surface area contributed by atoms with Gasteiger partial charge in [-0.3, -0.25) is 0 Å². The van der Waals surface area contributed by atoms with E-state index in [1.165, 1.54) is 11.3 Å². The number of hydrogen-bond acceptors (Lipinski definition) is 3. The second kappa shape index (κ2) is 3.98. The summed E-state index contributed by atoms with van der Waals surface area (Å²) < 4.78 is 0. The maximum Gasteiger partial charge on any atom is 0.0701 e. The van der Waals surface area contributed by atoms with Crippen molar-refractivity contribution < 1.29 is 4.84 Å². The molecule has 1 aromatic rings. The van der Waals surface area contributed by atoms with Gasteiger partial charge in [0.2, 0.25) is 0 Å². The van der Waals surface area contributed by atoms with Gasteiger partial charge in [0.1, 0.15) is 0 Å². The van der Waals surface area contributed by atoms with Crippen molar-refractivity contribution in [2.24, 2.45) is 0 Å². The number of nitrogens with one attached hydrogen (secondary N) is 1. The van der Waals surface area contributed by atoms with Gasteiger partial charge in [0.05, 0.1) is 12.6 Å². The summed E-state index contributed by atoms with van der Waals surface area (Å²) in [5.74, 6) is 0. The predicted molar refractivity (Wildman–Crippen MR) is 57.2 cm³/mol. The van der Waals surface area contributed by atoms with Crippen molar-refractivity contribution >= 4 is 5.69 Å². The third kappa shape index (κ3) is 1.89. The summed E-state index contributed by atoms with van der Waals surface area (Å²) in [5, 5.41) is 0. The molecule has 1 saturated heterocycles. The molecule has 1 heterocycles. The highest BCUT2D eigenvalue weighted by Gasteiger charge is 2.17. The standard InChI is InChI=1S/C11H16N2O/c1-13(2)10-5-3-4-9(8-10)11-6-7-14-12-11/h3-5,8,11-12H,6-7H2,1-2H3/t11-/m1/s1. The first-order valence-corrected chi connectivity index (χ1v) is 4.92. The van der Waals surface area contributed by atoms with Gasteiger partial charge >= 0.3 is 0 Å². The van der Waals surface area contributed by atoms with Crippen LogP contribution in [0.3, 0.4) is 0 Å². The Hall–Kier alpha value is -1.06. The number of hydrogen-bond donors (Lipinski definition) is 1. The van der Waals surface area contributed by atoms with Gasteiger partial charge in [-0.2, -0.15) is 5.48 Å². The monoisotopic (exact) mass is 192 g/mol. The molecule has 3 heteroatoms. The van der Waals surface area contributed by atoms with Crippen LogP contribution in [0.4, 0.5) is 5.69 Å². The normalized spacial score (nSPS) is 21.1. The second-order valence-corrected chi connectivity index (χ2v) is 3.80. The minimum atomic E-state index is 0.356. The molecule has 0 saturated carbocycles. The lowest BCUT2D eigenvalue weighted by Gasteiger charge is -2.15. The molecule has 0 radical (unpaired) electrons. The van der Waals surface area contributed by atoms with Crippen molar-refractivity contribution in [3.8, 4) is 0 Å². The number of nitrogens with zero attached hydrogens (tertiary/aromatic N) is 1. The fourth-order valence-corrected chi connectivity index (χ4v) is 1.65. The fraction of sp³-hybridized carbons (Fsp3) is 0.455. The molecule has 1 fully saturated rings. The highest BCUT2D eigenvalue weighted by Crippen LogP contribution is 2.24. The van der Waals surface area contributed by atoms with Crippen molar-refractivity contribution in [2.75, 3.05) is 25.6 Å². The lowest BCUT2D eigenvalue weighted by molar-refractivity contribution is 0.0883. The third-order valence-corrected chi connectivity index (χ3v) is 2.52. The Balaban J connectivity index is 2.21. The van der Waals surface area contributed by atoms with E-state index in [2.05, 4.69) is 48.7 Å². The van der Waals surface area contributed by atoms with Crippen LogP contribution in [0.1, 0.15) is 18.0 Å². The van der Waals surface area contributed by atoms with Gasteiger partial charge in [-0.1, -0.05) is 12.1 Å². The van der Waals surface area contributed by atoms with Gasteiger partial charge in [-0.15, -0.1) is 0 Å². The Labute approximate surface area is 84.6 Å². The Morgan fingerprint density at radius 1 is 1.43 bits per heavy atom. The average Bonchev–Trinajstić information content (AvgIpc) is 2.71. The van der Waals surface area contributed by atoms with E-state index in [9.17, 15) is 0 Å². The van der Waals surface area contributed by atoms with Crippen molar-refractivity contribution in [1.29, 1.82) is 0 Å². The molecule has 0 aromatic heterocycles. The van der Waals surface area contributed by atoms with Gasteiger partial charge in [-0.25, -0.2) is 0 Å². The minimum absolute atomic E-state index is 0.356. The second-order valence-electron chi connectivity index (χ2n) is 3.80. The van der Waals surface area contributed by atoms with Crippen molar-refractivity contribution in [1.82, 2.24) is 5.48 Å². The Morgan fingerprint density at radius 3 is 2.93 bits per heavy atom. The van der Waals surface area contributed by atoms with Crippen LogP contribution >= 0.6 is 0 Å². The molecule has 0 aliphatic carbocycles. The SMILES string of the molecule is CN(C)c1cccc([C@H]2CCON2)c1. The molecular formula is C11H16N2O. The number of hydroxylamine groups is 1. The summed E-state index contributed by atoms with van der Waals surface area (Å²) in [5.41, 5.74) is 5.55. The van der Waals surface area contributed by atoms with Crippen LogP contribution in [0, 0.1) is 0 Å². The minimum Gasteiger partial charge on any atom is -0.378 e. The van der Waals surface area contributed by atoms with E-state index >= 15 is 0 Å². The van der Waals surface area contributed by atoms with Gasteiger partial charge in [0.15, 0.2) is 0 Å². The van der Waals surface area contributed by atoms with Crippen LogP contribution < -0.4 is 10.4 Å². The number of anilines is 1. The van der Waals surface area contributed by atoms with Crippen molar-refractivity contribution in [3.63, 3.8) is 0 Å². The quantitative estimate of drug-likeness (QED) is 0.772. The van der Waals surface area contributed by atoms with Crippen molar-refractivity contribution in [2.45, 2.75) is 12.5 Å². The molecule has 1 aliphatic heterocycles. The van der Waals surface area contributed by atoms with Crippen LogP contribution in [0.5, 0.6) is 0 Å². The Morgan fingerprint density at radius 2 is 2.29 bits per heavy atom. The van der Waals surface area contributed by atoms with E-state index in [-0.39, 0.29) is 0 Å². The van der Waals surface area contributed by atoms with Gasteiger partial charge in [0.25, 0.3) is 0 Å². The molecule has 2 rings (SSSR count). The lowest BCUT2D eigenvalue weighted by atomic mass is 10.0. The molecule has 0 spiro atoms. The fourth-order valence-electron chi connectivity index (χ4n) is 1.65. The zero-order chi connectivity index (χ0) is 9.97. The maximum absolute atomic E-state index is 5.15. The largest absolute Gasteiger partial charge is 0.378 e.